The molecule has 0 amide bonds. The molecule has 2 aromatic carbocycles. The zero-order valence-electron chi connectivity index (χ0n) is 15.4. The van der Waals surface area contributed by atoms with Gasteiger partial charge in [0.15, 0.2) is 0 Å². The van der Waals surface area contributed by atoms with Crippen molar-refractivity contribution in [2.24, 2.45) is 0 Å². The Kier molecular flexibility index (Phi) is 4.89. The van der Waals surface area contributed by atoms with Crippen LogP contribution in [-0.2, 0) is 15.9 Å². The third-order valence-corrected chi connectivity index (χ3v) is 5.24. The Morgan fingerprint density at radius 2 is 1.68 bits per heavy atom. The summed E-state index contributed by atoms with van der Waals surface area (Å²) in [7, 11) is -0.359. The van der Waals surface area contributed by atoms with Crippen molar-refractivity contribution in [3.63, 3.8) is 0 Å². The average Bonchev–Trinajstić information content (AvgIpc) is 2.75. The molecular weight excluding hydrogens is 334 g/mol. The predicted octanol–water partition coefficient (Wildman–Crippen LogP) is 4.53. The van der Waals surface area contributed by atoms with Crippen LogP contribution in [0, 0.1) is 6.92 Å². The van der Waals surface area contributed by atoms with E-state index in [1.807, 2.05) is 43.3 Å². The van der Waals surface area contributed by atoms with Crippen molar-refractivity contribution in [1.82, 2.24) is 0 Å². The van der Waals surface area contributed by atoms with E-state index in [0.717, 1.165) is 22.3 Å². The number of benzene rings is 2. The molecule has 0 unspecified atom stereocenters. The SMILES string of the molecule is Cc1cc(Cl)ccc1OCc1cccc(B2OC(C)(C)C(C)(C)O2)c1. The summed E-state index contributed by atoms with van der Waals surface area (Å²) in [5, 5.41) is 0.715. The van der Waals surface area contributed by atoms with Crippen LogP contribution in [0.3, 0.4) is 0 Å². The number of halogens is 1. The lowest BCUT2D eigenvalue weighted by Crippen LogP contribution is -2.41. The van der Waals surface area contributed by atoms with Gasteiger partial charge in [-0.15, -0.1) is 0 Å². The molecule has 0 spiro atoms. The Morgan fingerprint density at radius 3 is 2.32 bits per heavy atom. The molecule has 25 heavy (non-hydrogen) atoms. The van der Waals surface area contributed by atoms with Crippen LogP contribution in [0.2, 0.25) is 5.02 Å². The fourth-order valence-corrected chi connectivity index (χ4v) is 2.97. The van der Waals surface area contributed by atoms with Gasteiger partial charge >= 0.3 is 7.12 Å². The van der Waals surface area contributed by atoms with Crippen LogP contribution < -0.4 is 10.2 Å². The number of aryl methyl sites for hydroxylation is 1. The molecule has 2 aromatic rings. The number of rotatable bonds is 4. The van der Waals surface area contributed by atoms with Gasteiger partial charge in [0.2, 0.25) is 0 Å². The highest BCUT2D eigenvalue weighted by Gasteiger charge is 2.51. The molecule has 5 heteroatoms. The zero-order chi connectivity index (χ0) is 18.2. The maximum atomic E-state index is 6.12. The van der Waals surface area contributed by atoms with E-state index < -0.39 is 0 Å². The first kappa shape index (κ1) is 18.3. The molecule has 1 aliphatic heterocycles. The topological polar surface area (TPSA) is 27.7 Å². The molecule has 1 aliphatic rings. The van der Waals surface area contributed by atoms with Crippen LogP contribution in [0.25, 0.3) is 0 Å². The molecule has 0 saturated carbocycles. The Hall–Kier alpha value is -1.49. The second-order valence-corrected chi connectivity index (χ2v) is 7.97. The van der Waals surface area contributed by atoms with Gasteiger partial charge in [-0.25, -0.2) is 0 Å². The minimum absolute atomic E-state index is 0.343. The van der Waals surface area contributed by atoms with E-state index in [1.54, 1.807) is 0 Å². The fourth-order valence-electron chi connectivity index (χ4n) is 2.74. The second kappa shape index (κ2) is 6.67. The summed E-state index contributed by atoms with van der Waals surface area (Å²) in [6.07, 6.45) is 0. The van der Waals surface area contributed by atoms with Gasteiger partial charge in [0, 0.05) is 5.02 Å². The summed E-state index contributed by atoms with van der Waals surface area (Å²) in [5.74, 6) is 0.838. The van der Waals surface area contributed by atoms with E-state index in [4.69, 9.17) is 25.6 Å². The molecule has 0 aliphatic carbocycles. The fraction of sp³-hybridized carbons (Fsp3) is 0.400. The quantitative estimate of drug-likeness (QED) is 0.752. The second-order valence-electron chi connectivity index (χ2n) is 7.53. The summed E-state index contributed by atoms with van der Waals surface area (Å²) < 4.78 is 18.2. The van der Waals surface area contributed by atoms with E-state index in [9.17, 15) is 0 Å². The highest BCUT2D eigenvalue weighted by Crippen LogP contribution is 2.36. The normalized spacial score (nSPS) is 18.4. The van der Waals surface area contributed by atoms with Crippen molar-refractivity contribution in [2.75, 3.05) is 0 Å². The van der Waals surface area contributed by atoms with Crippen LogP contribution in [0.1, 0.15) is 38.8 Å². The maximum Gasteiger partial charge on any atom is 0.494 e. The monoisotopic (exact) mass is 358 g/mol. The predicted molar refractivity (Wildman–Crippen MR) is 103 cm³/mol. The highest BCUT2D eigenvalue weighted by atomic mass is 35.5. The first-order chi connectivity index (χ1) is 11.7. The van der Waals surface area contributed by atoms with Crippen molar-refractivity contribution in [1.29, 1.82) is 0 Å². The molecule has 0 N–H and O–H groups in total. The summed E-state index contributed by atoms with van der Waals surface area (Å²) >= 11 is 5.99. The third-order valence-electron chi connectivity index (χ3n) is 5.01. The lowest BCUT2D eigenvalue weighted by Gasteiger charge is -2.32. The molecule has 1 saturated heterocycles. The van der Waals surface area contributed by atoms with Crippen molar-refractivity contribution in [3.05, 3.63) is 58.6 Å². The summed E-state index contributed by atoms with van der Waals surface area (Å²) in [4.78, 5) is 0. The molecule has 1 fully saturated rings. The first-order valence-corrected chi connectivity index (χ1v) is 8.89. The van der Waals surface area contributed by atoms with E-state index >= 15 is 0 Å². The van der Waals surface area contributed by atoms with E-state index in [1.165, 1.54) is 0 Å². The van der Waals surface area contributed by atoms with Crippen molar-refractivity contribution < 1.29 is 14.0 Å². The van der Waals surface area contributed by atoms with E-state index in [0.29, 0.717) is 11.6 Å². The molecule has 0 aromatic heterocycles. The van der Waals surface area contributed by atoms with Gasteiger partial charge in [0.25, 0.3) is 0 Å². The molecule has 0 atom stereocenters. The Bertz CT molecular complexity index is 757. The lowest BCUT2D eigenvalue weighted by molar-refractivity contribution is 0.00578. The molecule has 1 heterocycles. The van der Waals surface area contributed by atoms with Gasteiger partial charge in [-0.05, 0) is 69.4 Å². The van der Waals surface area contributed by atoms with E-state index in [2.05, 4.69) is 33.8 Å². The summed E-state index contributed by atoms with van der Waals surface area (Å²) in [6, 6.07) is 13.8. The maximum absolute atomic E-state index is 6.12. The molecular formula is C20H24BClO3. The Labute approximate surface area is 155 Å². The van der Waals surface area contributed by atoms with Gasteiger partial charge in [-0.1, -0.05) is 35.9 Å². The Balaban J connectivity index is 1.72. The summed E-state index contributed by atoms with van der Waals surface area (Å²) in [5.41, 5.74) is 2.42. The number of ether oxygens (including phenoxy) is 1. The number of hydrogen-bond acceptors (Lipinski definition) is 3. The van der Waals surface area contributed by atoms with Gasteiger partial charge < -0.3 is 14.0 Å². The van der Waals surface area contributed by atoms with Crippen LogP contribution in [0.5, 0.6) is 5.75 Å². The zero-order valence-corrected chi connectivity index (χ0v) is 16.2. The van der Waals surface area contributed by atoms with Crippen molar-refractivity contribution >= 4 is 24.2 Å². The molecule has 3 rings (SSSR count). The smallest absolute Gasteiger partial charge is 0.489 e. The molecule has 3 nitrogen and oxygen atoms in total. The van der Waals surface area contributed by atoms with Crippen molar-refractivity contribution in [3.8, 4) is 5.75 Å². The highest BCUT2D eigenvalue weighted by molar-refractivity contribution is 6.62. The van der Waals surface area contributed by atoms with Gasteiger partial charge in [0.1, 0.15) is 12.4 Å². The minimum Gasteiger partial charge on any atom is -0.489 e. The average molecular weight is 359 g/mol. The van der Waals surface area contributed by atoms with Gasteiger partial charge in [-0.2, -0.15) is 0 Å². The third kappa shape index (κ3) is 3.86. The molecule has 132 valence electrons. The molecule has 0 bridgehead atoms. The lowest BCUT2D eigenvalue weighted by atomic mass is 9.78. The van der Waals surface area contributed by atoms with Gasteiger partial charge in [0.05, 0.1) is 11.2 Å². The first-order valence-electron chi connectivity index (χ1n) is 8.51. The van der Waals surface area contributed by atoms with Crippen LogP contribution in [-0.4, -0.2) is 18.3 Å². The Morgan fingerprint density at radius 1 is 1.00 bits per heavy atom. The largest absolute Gasteiger partial charge is 0.494 e. The van der Waals surface area contributed by atoms with Gasteiger partial charge in [-0.3, -0.25) is 0 Å². The minimum atomic E-state index is -0.359. The van der Waals surface area contributed by atoms with Crippen molar-refractivity contribution in [2.45, 2.75) is 52.4 Å². The number of hydrogen-bond donors (Lipinski definition) is 0. The van der Waals surface area contributed by atoms with E-state index in [-0.39, 0.29) is 18.3 Å². The summed E-state index contributed by atoms with van der Waals surface area (Å²) in [6.45, 7) is 10.7. The van der Waals surface area contributed by atoms with Crippen LogP contribution >= 0.6 is 11.6 Å². The molecule has 0 radical (unpaired) electrons. The van der Waals surface area contributed by atoms with Crippen LogP contribution in [0.4, 0.5) is 0 Å². The van der Waals surface area contributed by atoms with Crippen LogP contribution in [0.15, 0.2) is 42.5 Å². The standard InChI is InChI=1S/C20H24BClO3/c1-14-11-17(22)9-10-18(14)23-13-15-7-6-8-16(12-15)21-24-19(2,3)20(4,5)25-21/h6-12H,13H2,1-5H3.